The van der Waals surface area contributed by atoms with Crippen molar-refractivity contribution in [2.45, 2.75) is 50.8 Å². The molecular weight excluding hydrogens is 268 g/mol. The summed E-state index contributed by atoms with van der Waals surface area (Å²) in [5.41, 5.74) is 0.575. The Morgan fingerprint density at radius 3 is 3.10 bits per heavy atom. The van der Waals surface area contributed by atoms with Gasteiger partial charge in [-0.3, -0.25) is 4.79 Å². The second-order valence-corrected chi connectivity index (χ2v) is 6.18. The molecule has 1 aromatic rings. The molecule has 0 bridgehead atoms. The molecule has 6 nitrogen and oxygen atoms in total. The Hall–Kier alpha value is -1.56. The maximum absolute atomic E-state index is 12.8. The van der Waals surface area contributed by atoms with Gasteiger partial charge in [0.25, 0.3) is 5.91 Å². The van der Waals surface area contributed by atoms with Crippen molar-refractivity contribution in [1.29, 1.82) is 0 Å². The zero-order chi connectivity index (χ0) is 14.2. The van der Waals surface area contributed by atoms with E-state index >= 15 is 0 Å². The van der Waals surface area contributed by atoms with E-state index in [-0.39, 0.29) is 18.1 Å². The number of ether oxygens (including phenoxy) is 1. The summed E-state index contributed by atoms with van der Waals surface area (Å²) in [6.07, 6.45) is 7.75. The summed E-state index contributed by atoms with van der Waals surface area (Å²) in [4.78, 5) is 19.3. The molecule has 1 saturated heterocycles. The number of carbonyl (C=O) groups excluding carboxylic acids is 1. The van der Waals surface area contributed by atoms with Crippen LogP contribution in [-0.2, 0) is 11.3 Å². The molecule has 1 N–H and O–H groups in total. The molecular formula is C15H22N4O2. The number of carbonyl (C=O) groups is 1. The standard InChI is InChI=1S/C15H22N4O2/c20-14(11-10-18-7-3-6-16-15(18)17-11)19-8-9-21-13-5-2-1-4-12(13)19/h10,12-13H,1-9H2,(H,16,17). The highest BCUT2D eigenvalue weighted by Gasteiger charge is 2.37. The van der Waals surface area contributed by atoms with Crippen LogP contribution in [0.2, 0.25) is 0 Å². The van der Waals surface area contributed by atoms with Gasteiger partial charge < -0.3 is 19.5 Å². The monoisotopic (exact) mass is 290 g/mol. The first-order valence-corrected chi connectivity index (χ1v) is 8.06. The number of aryl methyl sites for hydroxylation is 1. The van der Waals surface area contributed by atoms with E-state index in [0.29, 0.717) is 18.8 Å². The highest BCUT2D eigenvalue weighted by molar-refractivity contribution is 5.93. The molecule has 2 aliphatic heterocycles. The Balaban J connectivity index is 1.57. The maximum atomic E-state index is 12.8. The number of hydrogen-bond donors (Lipinski definition) is 1. The summed E-state index contributed by atoms with van der Waals surface area (Å²) < 4.78 is 7.90. The Kier molecular flexibility index (Phi) is 3.33. The number of aromatic nitrogens is 2. The predicted octanol–water partition coefficient (Wildman–Crippen LogP) is 1.48. The third-order valence-corrected chi connectivity index (χ3v) is 4.85. The summed E-state index contributed by atoms with van der Waals surface area (Å²) >= 11 is 0. The fraction of sp³-hybridized carbons (Fsp3) is 0.733. The van der Waals surface area contributed by atoms with E-state index < -0.39 is 0 Å². The molecule has 2 fully saturated rings. The van der Waals surface area contributed by atoms with Crippen LogP contribution < -0.4 is 5.32 Å². The van der Waals surface area contributed by atoms with E-state index in [2.05, 4.69) is 14.9 Å². The first-order valence-electron chi connectivity index (χ1n) is 8.06. The first-order chi connectivity index (χ1) is 10.3. The quantitative estimate of drug-likeness (QED) is 0.851. The van der Waals surface area contributed by atoms with Gasteiger partial charge in [0.2, 0.25) is 5.95 Å². The van der Waals surface area contributed by atoms with Gasteiger partial charge in [-0.2, -0.15) is 0 Å². The van der Waals surface area contributed by atoms with Crippen LogP contribution in [0.15, 0.2) is 6.20 Å². The topological polar surface area (TPSA) is 59.4 Å². The fourth-order valence-electron chi connectivity index (χ4n) is 3.78. The molecule has 1 amide bonds. The van der Waals surface area contributed by atoms with E-state index in [1.54, 1.807) is 0 Å². The lowest BCUT2D eigenvalue weighted by Gasteiger charge is -2.43. The summed E-state index contributed by atoms with van der Waals surface area (Å²) in [6.45, 7) is 3.22. The predicted molar refractivity (Wildman–Crippen MR) is 78.4 cm³/mol. The molecule has 1 aliphatic carbocycles. The normalized spacial score (nSPS) is 28.5. The highest BCUT2D eigenvalue weighted by atomic mass is 16.5. The lowest BCUT2D eigenvalue weighted by molar-refractivity contribution is -0.0754. The Morgan fingerprint density at radius 1 is 1.29 bits per heavy atom. The minimum absolute atomic E-state index is 0.0684. The number of morpholine rings is 1. The molecule has 0 radical (unpaired) electrons. The van der Waals surface area contributed by atoms with Crippen molar-refractivity contribution in [3.8, 4) is 0 Å². The van der Waals surface area contributed by atoms with Crippen molar-refractivity contribution < 1.29 is 9.53 Å². The van der Waals surface area contributed by atoms with Crippen molar-refractivity contribution in [2.75, 3.05) is 25.0 Å². The zero-order valence-corrected chi connectivity index (χ0v) is 12.3. The zero-order valence-electron chi connectivity index (χ0n) is 12.3. The second kappa shape index (κ2) is 5.33. The second-order valence-electron chi connectivity index (χ2n) is 6.18. The summed E-state index contributed by atoms with van der Waals surface area (Å²) in [5, 5.41) is 3.25. The van der Waals surface area contributed by atoms with Gasteiger partial charge in [-0.05, 0) is 19.3 Å². The molecule has 114 valence electrons. The SMILES string of the molecule is O=C(c1cn2c(n1)NCCC2)N1CCOC2CCCCC21. The van der Waals surface area contributed by atoms with Crippen molar-refractivity contribution in [1.82, 2.24) is 14.5 Å². The minimum Gasteiger partial charge on any atom is -0.374 e. The third kappa shape index (κ3) is 2.31. The molecule has 21 heavy (non-hydrogen) atoms. The molecule has 3 heterocycles. The average molecular weight is 290 g/mol. The first kappa shape index (κ1) is 13.1. The summed E-state index contributed by atoms with van der Waals surface area (Å²) in [5.74, 6) is 0.900. The van der Waals surface area contributed by atoms with Crippen molar-refractivity contribution in [3.63, 3.8) is 0 Å². The number of amides is 1. The molecule has 3 aliphatic rings. The minimum atomic E-state index is 0.0684. The highest BCUT2D eigenvalue weighted by Crippen LogP contribution is 2.29. The molecule has 2 atom stereocenters. The molecule has 1 aromatic heterocycles. The van der Waals surface area contributed by atoms with Gasteiger partial charge in [0.05, 0.1) is 18.8 Å². The number of imidazole rings is 1. The van der Waals surface area contributed by atoms with Crippen molar-refractivity contribution >= 4 is 11.9 Å². The van der Waals surface area contributed by atoms with Gasteiger partial charge >= 0.3 is 0 Å². The Bertz CT molecular complexity index is 516. The number of anilines is 1. The van der Waals surface area contributed by atoms with Crippen LogP contribution in [0.5, 0.6) is 0 Å². The van der Waals surface area contributed by atoms with E-state index in [9.17, 15) is 4.79 Å². The molecule has 4 rings (SSSR count). The summed E-state index contributed by atoms with van der Waals surface area (Å²) in [7, 11) is 0. The van der Waals surface area contributed by atoms with Crippen LogP contribution in [0.4, 0.5) is 5.95 Å². The Morgan fingerprint density at radius 2 is 2.19 bits per heavy atom. The smallest absolute Gasteiger partial charge is 0.274 e. The van der Waals surface area contributed by atoms with Gasteiger partial charge in [0.15, 0.2) is 0 Å². The van der Waals surface area contributed by atoms with Gasteiger partial charge in [-0.15, -0.1) is 0 Å². The molecule has 0 aromatic carbocycles. The maximum Gasteiger partial charge on any atom is 0.274 e. The van der Waals surface area contributed by atoms with Crippen molar-refractivity contribution in [2.24, 2.45) is 0 Å². The Labute approximate surface area is 124 Å². The molecule has 0 spiro atoms. The van der Waals surface area contributed by atoms with Crippen LogP contribution in [0.1, 0.15) is 42.6 Å². The lowest BCUT2D eigenvalue weighted by atomic mass is 9.90. The van der Waals surface area contributed by atoms with Gasteiger partial charge in [0, 0.05) is 25.8 Å². The van der Waals surface area contributed by atoms with Crippen LogP contribution in [-0.4, -0.2) is 52.2 Å². The van der Waals surface area contributed by atoms with E-state index in [0.717, 1.165) is 38.3 Å². The number of hydrogen-bond acceptors (Lipinski definition) is 4. The lowest BCUT2D eigenvalue weighted by Crippen LogP contribution is -2.54. The number of fused-ring (bicyclic) bond motifs is 2. The number of nitrogens with one attached hydrogen (secondary N) is 1. The van der Waals surface area contributed by atoms with E-state index in [4.69, 9.17) is 4.74 Å². The largest absolute Gasteiger partial charge is 0.374 e. The van der Waals surface area contributed by atoms with Crippen LogP contribution >= 0.6 is 0 Å². The number of nitrogens with zero attached hydrogens (tertiary/aromatic N) is 3. The molecule has 6 heteroatoms. The van der Waals surface area contributed by atoms with E-state index in [1.807, 2.05) is 11.1 Å². The third-order valence-electron chi connectivity index (χ3n) is 4.85. The van der Waals surface area contributed by atoms with Gasteiger partial charge in [-0.25, -0.2) is 4.98 Å². The van der Waals surface area contributed by atoms with Crippen LogP contribution in [0.3, 0.4) is 0 Å². The van der Waals surface area contributed by atoms with Gasteiger partial charge in [-0.1, -0.05) is 12.8 Å². The molecule has 2 unspecified atom stereocenters. The molecule has 1 saturated carbocycles. The number of rotatable bonds is 1. The summed E-state index contributed by atoms with van der Waals surface area (Å²) in [6, 6.07) is 0.242. The van der Waals surface area contributed by atoms with E-state index in [1.165, 1.54) is 12.8 Å². The van der Waals surface area contributed by atoms with Crippen molar-refractivity contribution in [3.05, 3.63) is 11.9 Å². The van der Waals surface area contributed by atoms with Crippen LogP contribution in [0, 0.1) is 0 Å². The fourth-order valence-corrected chi connectivity index (χ4v) is 3.78. The average Bonchev–Trinajstić information content (AvgIpc) is 2.97. The van der Waals surface area contributed by atoms with Gasteiger partial charge in [0.1, 0.15) is 5.69 Å². The van der Waals surface area contributed by atoms with Crippen LogP contribution in [0.25, 0.3) is 0 Å².